The highest BCUT2D eigenvalue weighted by atomic mass is 16.5. The van der Waals surface area contributed by atoms with E-state index in [0.29, 0.717) is 6.42 Å². The van der Waals surface area contributed by atoms with Crippen LogP contribution in [0.1, 0.15) is 36.5 Å². The van der Waals surface area contributed by atoms with Crippen molar-refractivity contribution in [2.75, 3.05) is 25.6 Å². The third-order valence-corrected chi connectivity index (χ3v) is 5.57. The Morgan fingerprint density at radius 2 is 2.07 bits per heavy atom. The van der Waals surface area contributed by atoms with Crippen molar-refractivity contribution in [2.24, 2.45) is 11.0 Å². The number of nitrogens with zero attached hydrogens (tertiary/aromatic N) is 3. The quantitative estimate of drug-likeness (QED) is 0.773. The molecule has 2 unspecified atom stereocenters. The van der Waals surface area contributed by atoms with Gasteiger partial charge in [-0.25, -0.2) is 5.01 Å². The molecule has 0 saturated heterocycles. The van der Waals surface area contributed by atoms with E-state index in [4.69, 9.17) is 9.84 Å². The van der Waals surface area contributed by atoms with Crippen molar-refractivity contribution >= 4 is 17.3 Å². The van der Waals surface area contributed by atoms with Gasteiger partial charge < -0.3 is 9.64 Å². The second kappa shape index (κ2) is 7.99. The number of hydrogen-bond acceptors (Lipinski definition) is 4. The monoisotopic (exact) mass is 391 g/mol. The number of fused-ring (bicyclic) bond motifs is 3. The van der Waals surface area contributed by atoms with Crippen molar-refractivity contribution in [1.82, 2.24) is 4.90 Å². The number of carbonyl (C=O) groups excluding carboxylic acids is 1. The summed E-state index contributed by atoms with van der Waals surface area (Å²) < 4.78 is 6.10. The molecular weight excluding hydrogens is 362 g/mol. The van der Waals surface area contributed by atoms with E-state index in [2.05, 4.69) is 38.1 Å². The Morgan fingerprint density at radius 3 is 2.83 bits per heavy atom. The van der Waals surface area contributed by atoms with Crippen molar-refractivity contribution in [3.63, 3.8) is 0 Å². The molecule has 29 heavy (non-hydrogen) atoms. The predicted molar refractivity (Wildman–Crippen MR) is 117 cm³/mol. The van der Waals surface area contributed by atoms with Gasteiger partial charge in [0.2, 0.25) is 5.91 Å². The lowest BCUT2D eigenvalue weighted by molar-refractivity contribution is -0.119. The van der Waals surface area contributed by atoms with Gasteiger partial charge in [-0.15, -0.1) is 0 Å². The third-order valence-electron chi connectivity index (χ3n) is 5.57. The van der Waals surface area contributed by atoms with Gasteiger partial charge in [0, 0.05) is 24.4 Å². The van der Waals surface area contributed by atoms with Crippen LogP contribution in [0.2, 0.25) is 0 Å². The zero-order valence-corrected chi connectivity index (χ0v) is 17.7. The Morgan fingerprint density at radius 1 is 1.24 bits per heavy atom. The van der Waals surface area contributed by atoms with E-state index in [0.717, 1.165) is 47.7 Å². The summed E-state index contributed by atoms with van der Waals surface area (Å²) in [5, 5.41) is 6.40. The zero-order valence-electron chi connectivity index (χ0n) is 17.7. The fraction of sp³-hybridized carbons (Fsp3) is 0.417. The van der Waals surface area contributed by atoms with E-state index in [-0.39, 0.29) is 17.9 Å². The summed E-state index contributed by atoms with van der Waals surface area (Å²) in [5.41, 5.74) is 5.40. The van der Waals surface area contributed by atoms with Gasteiger partial charge >= 0.3 is 0 Å². The summed E-state index contributed by atoms with van der Waals surface area (Å²) in [6.45, 7) is 4.99. The van der Waals surface area contributed by atoms with Gasteiger partial charge in [0.05, 0.1) is 11.4 Å². The van der Waals surface area contributed by atoms with Crippen LogP contribution in [-0.4, -0.2) is 43.3 Å². The molecule has 0 bridgehead atoms. The lowest BCUT2D eigenvalue weighted by Gasteiger charge is -2.33. The molecule has 0 radical (unpaired) electrons. The summed E-state index contributed by atoms with van der Waals surface area (Å²) in [5.74, 6) is 1.18. The van der Waals surface area contributed by atoms with Crippen molar-refractivity contribution in [3.05, 3.63) is 59.2 Å². The highest BCUT2D eigenvalue weighted by molar-refractivity contribution is 6.11. The standard InChI is InChI=1S/C24H29N3O2/c1-16-6-5-7-20(12-16)27-23(28)14-19-9-8-18-13-21(29-17(2)15-26(3)4)10-11-22(18)24(19)25-27/h5-7,10-13,17,19H,8-9,14-15H2,1-4H3. The van der Waals surface area contributed by atoms with Crippen LogP contribution in [-0.2, 0) is 11.2 Å². The van der Waals surface area contributed by atoms with Crippen LogP contribution in [0.15, 0.2) is 47.6 Å². The SMILES string of the molecule is Cc1cccc(N2N=C3c4ccc(OC(C)CN(C)C)cc4CCC3CC2=O)c1. The minimum Gasteiger partial charge on any atom is -0.489 e. The Labute approximate surface area is 173 Å². The van der Waals surface area contributed by atoms with E-state index in [1.807, 2.05) is 37.3 Å². The molecule has 152 valence electrons. The Balaban J connectivity index is 1.63. The first-order valence-corrected chi connectivity index (χ1v) is 10.3. The molecule has 1 aliphatic heterocycles. The van der Waals surface area contributed by atoms with E-state index in [1.54, 1.807) is 5.01 Å². The molecule has 1 heterocycles. The molecule has 2 aromatic rings. The van der Waals surface area contributed by atoms with Crippen molar-refractivity contribution in [3.8, 4) is 5.75 Å². The molecular formula is C24H29N3O2. The van der Waals surface area contributed by atoms with Crippen molar-refractivity contribution in [1.29, 1.82) is 0 Å². The van der Waals surface area contributed by atoms with E-state index in [1.165, 1.54) is 5.56 Å². The molecule has 5 heteroatoms. The first-order chi connectivity index (χ1) is 13.9. The molecule has 2 aliphatic rings. The number of hydrogen-bond donors (Lipinski definition) is 0. The Hall–Kier alpha value is -2.66. The summed E-state index contributed by atoms with van der Waals surface area (Å²) in [7, 11) is 4.10. The molecule has 5 nitrogen and oxygen atoms in total. The van der Waals surface area contributed by atoms with Crippen molar-refractivity contribution < 1.29 is 9.53 Å². The average Bonchev–Trinajstić information content (AvgIpc) is 2.66. The van der Waals surface area contributed by atoms with Gasteiger partial charge in [-0.3, -0.25) is 4.79 Å². The van der Waals surface area contributed by atoms with Gasteiger partial charge in [0.25, 0.3) is 0 Å². The first-order valence-electron chi connectivity index (χ1n) is 10.3. The molecule has 2 atom stereocenters. The summed E-state index contributed by atoms with van der Waals surface area (Å²) in [6.07, 6.45) is 2.55. The number of ether oxygens (including phenoxy) is 1. The fourth-order valence-corrected chi connectivity index (χ4v) is 4.33. The van der Waals surface area contributed by atoms with Crippen LogP contribution in [0.25, 0.3) is 0 Å². The van der Waals surface area contributed by atoms with E-state index in [9.17, 15) is 4.79 Å². The summed E-state index contributed by atoms with van der Waals surface area (Å²) in [6, 6.07) is 14.2. The lowest BCUT2D eigenvalue weighted by atomic mass is 9.79. The van der Waals surface area contributed by atoms with Crippen LogP contribution in [0.5, 0.6) is 5.75 Å². The van der Waals surface area contributed by atoms with Gasteiger partial charge in [-0.05, 0) is 82.2 Å². The maximum Gasteiger partial charge on any atom is 0.248 e. The minimum absolute atomic E-state index is 0.0743. The van der Waals surface area contributed by atoms with Crippen LogP contribution in [0.3, 0.4) is 0 Å². The maximum absolute atomic E-state index is 12.7. The van der Waals surface area contributed by atoms with Gasteiger partial charge in [-0.1, -0.05) is 12.1 Å². The highest BCUT2D eigenvalue weighted by Crippen LogP contribution is 2.35. The van der Waals surface area contributed by atoms with Crippen LogP contribution in [0, 0.1) is 12.8 Å². The topological polar surface area (TPSA) is 45.1 Å². The van der Waals surface area contributed by atoms with Gasteiger partial charge in [0.1, 0.15) is 11.9 Å². The first kappa shape index (κ1) is 19.6. The Bertz CT molecular complexity index is 951. The third kappa shape index (κ3) is 4.20. The second-order valence-electron chi connectivity index (χ2n) is 8.48. The number of amides is 1. The molecule has 1 amide bonds. The maximum atomic E-state index is 12.7. The Kier molecular flexibility index (Phi) is 5.41. The number of anilines is 1. The molecule has 1 aliphatic carbocycles. The predicted octanol–water partition coefficient (Wildman–Crippen LogP) is 4.03. The van der Waals surface area contributed by atoms with E-state index >= 15 is 0 Å². The molecule has 0 aromatic heterocycles. The fourth-order valence-electron chi connectivity index (χ4n) is 4.33. The number of likely N-dealkylation sites (N-methyl/N-ethyl adjacent to an activating group) is 1. The molecule has 0 spiro atoms. The molecule has 0 fully saturated rings. The summed E-state index contributed by atoms with van der Waals surface area (Å²) in [4.78, 5) is 14.9. The normalized spacial score (nSPS) is 19.5. The number of benzene rings is 2. The van der Waals surface area contributed by atoms with Crippen LogP contribution < -0.4 is 9.75 Å². The number of hydrazone groups is 1. The van der Waals surface area contributed by atoms with Gasteiger partial charge in [-0.2, -0.15) is 5.10 Å². The zero-order chi connectivity index (χ0) is 20.5. The number of rotatable bonds is 5. The van der Waals surface area contributed by atoms with Gasteiger partial charge in [0.15, 0.2) is 0 Å². The molecule has 4 rings (SSSR count). The smallest absolute Gasteiger partial charge is 0.248 e. The van der Waals surface area contributed by atoms with Crippen LogP contribution in [0.4, 0.5) is 5.69 Å². The molecule has 0 N–H and O–H groups in total. The lowest BCUT2D eigenvalue weighted by Crippen LogP contribution is -2.39. The van der Waals surface area contributed by atoms with E-state index < -0.39 is 0 Å². The van der Waals surface area contributed by atoms with Crippen LogP contribution >= 0.6 is 0 Å². The number of carbonyl (C=O) groups is 1. The average molecular weight is 392 g/mol. The largest absolute Gasteiger partial charge is 0.489 e. The summed E-state index contributed by atoms with van der Waals surface area (Å²) >= 11 is 0. The highest BCUT2D eigenvalue weighted by Gasteiger charge is 2.34. The number of aryl methyl sites for hydroxylation is 2. The molecule has 0 saturated carbocycles. The second-order valence-corrected chi connectivity index (χ2v) is 8.48. The molecule has 2 aromatic carbocycles. The van der Waals surface area contributed by atoms with Crippen molar-refractivity contribution in [2.45, 2.75) is 39.2 Å². The minimum atomic E-state index is 0.0743.